The van der Waals surface area contributed by atoms with E-state index in [1.807, 2.05) is 16.8 Å². The lowest BCUT2D eigenvalue weighted by Gasteiger charge is -2.15. The van der Waals surface area contributed by atoms with E-state index >= 15 is 0 Å². The predicted molar refractivity (Wildman–Crippen MR) is 80.6 cm³/mol. The number of carbonyl (C=O) groups excluding carboxylic acids is 1. The smallest absolute Gasteiger partial charge is 0.166 e. The van der Waals surface area contributed by atoms with Crippen molar-refractivity contribution in [2.24, 2.45) is 0 Å². The van der Waals surface area contributed by atoms with E-state index in [4.69, 9.17) is 4.74 Å². The molecule has 0 atom stereocenters. The van der Waals surface area contributed by atoms with E-state index in [2.05, 4.69) is 39.0 Å². The Hall–Kier alpha value is -2.03. The molecule has 0 unspecified atom stereocenters. The maximum atomic E-state index is 10.8. The van der Waals surface area contributed by atoms with Crippen LogP contribution in [0.1, 0.15) is 41.4 Å². The molecule has 0 N–H and O–H groups in total. The van der Waals surface area contributed by atoms with Crippen LogP contribution in [0.3, 0.4) is 0 Å². The number of rotatable bonds is 6. The molecule has 0 radical (unpaired) electrons. The lowest BCUT2D eigenvalue weighted by molar-refractivity contribution is 0.111. The van der Waals surface area contributed by atoms with Gasteiger partial charge in [0.1, 0.15) is 12.4 Å². The van der Waals surface area contributed by atoms with Gasteiger partial charge in [-0.25, -0.2) is 0 Å². The highest BCUT2D eigenvalue weighted by atomic mass is 16.5. The van der Waals surface area contributed by atoms with E-state index in [1.54, 1.807) is 6.07 Å². The third kappa shape index (κ3) is 3.29. The highest BCUT2D eigenvalue weighted by Gasteiger charge is 2.08. The zero-order valence-electron chi connectivity index (χ0n) is 12.3. The van der Waals surface area contributed by atoms with Crippen molar-refractivity contribution < 1.29 is 9.53 Å². The topological polar surface area (TPSA) is 31.2 Å². The average molecular weight is 271 g/mol. The van der Waals surface area contributed by atoms with Gasteiger partial charge in [0.15, 0.2) is 6.29 Å². The van der Waals surface area contributed by atoms with E-state index in [0.717, 1.165) is 12.0 Å². The van der Waals surface area contributed by atoms with Gasteiger partial charge in [-0.2, -0.15) is 0 Å². The molecule has 1 aromatic heterocycles. The molecular weight excluding hydrogens is 250 g/mol. The van der Waals surface area contributed by atoms with E-state index in [9.17, 15) is 4.79 Å². The normalized spacial score (nSPS) is 10.8. The largest absolute Gasteiger partial charge is 0.491 e. The van der Waals surface area contributed by atoms with E-state index in [-0.39, 0.29) is 0 Å². The fraction of sp³-hybridized carbons (Fsp3) is 0.353. The van der Waals surface area contributed by atoms with E-state index < -0.39 is 0 Å². The summed E-state index contributed by atoms with van der Waals surface area (Å²) in [6.07, 6.45) is 2.76. The summed E-state index contributed by atoms with van der Waals surface area (Å²) in [6.45, 7) is 7.61. The van der Waals surface area contributed by atoms with Crippen LogP contribution in [0, 0.1) is 6.92 Å². The van der Waals surface area contributed by atoms with Gasteiger partial charge in [-0.3, -0.25) is 4.79 Å². The average Bonchev–Trinajstić information content (AvgIpc) is 2.86. The molecule has 106 valence electrons. The van der Waals surface area contributed by atoms with Gasteiger partial charge in [0.2, 0.25) is 0 Å². The molecule has 0 spiro atoms. The van der Waals surface area contributed by atoms with Gasteiger partial charge in [-0.1, -0.05) is 26.0 Å². The van der Waals surface area contributed by atoms with Crippen molar-refractivity contribution in [3.63, 3.8) is 0 Å². The number of ether oxygens (including phenoxy) is 1. The van der Waals surface area contributed by atoms with Crippen LogP contribution in [0.4, 0.5) is 0 Å². The Kier molecular flexibility index (Phi) is 4.61. The minimum atomic E-state index is 0.433. The van der Waals surface area contributed by atoms with Gasteiger partial charge in [-0.15, -0.1) is 0 Å². The molecule has 2 aromatic rings. The van der Waals surface area contributed by atoms with Crippen LogP contribution >= 0.6 is 0 Å². The second-order valence-corrected chi connectivity index (χ2v) is 5.29. The molecule has 0 aliphatic heterocycles. The Morgan fingerprint density at radius 3 is 2.80 bits per heavy atom. The molecular formula is C17H21NO2. The van der Waals surface area contributed by atoms with Gasteiger partial charge in [-0.05, 0) is 42.2 Å². The molecule has 3 heteroatoms. The first-order chi connectivity index (χ1) is 9.61. The molecule has 0 saturated carbocycles. The van der Waals surface area contributed by atoms with Crippen molar-refractivity contribution in [1.82, 2.24) is 4.57 Å². The van der Waals surface area contributed by atoms with Crippen LogP contribution in [0.5, 0.6) is 5.75 Å². The molecule has 0 saturated heterocycles. The molecule has 1 heterocycles. The maximum Gasteiger partial charge on any atom is 0.166 e. The SMILES string of the molecule is Cc1ccc(C(C)C)c(OCCn2cccc2C=O)c1. The number of aryl methyl sites for hydroxylation is 1. The summed E-state index contributed by atoms with van der Waals surface area (Å²) >= 11 is 0. The van der Waals surface area contributed by atoms with Crippen molar-refractivity contribution >= 4 is 6.29 Å². The minimum absolute atomic E-state index is 0.433. The number of hydrogen-bond acceptors (Lipinski definition) is 2. The van der Waals surface area contributed by atoms with E-state index in [1.165, 1.54) is 11.1 Å². The Labute approximate surface area is 120 Å². The summed E-state index contributed by atoms with van der Waals surface area (Å²) < 4.78 is 7.82. The van der Waals surface area contributed by atoms with Crippen LogP contribution in [0.15, 0.2) is 36.5 Å². The summed E-state index contributed by atoms with van der Waals surface area (Å²) in [7, 11) is 0. The summed E-state index contributed by atoms with van der Waals surface area (Å²) in [5.74, 6) is 1.38. The van der Waals surface area contributed by atoms with Crippen molar-refractivity contribution in [1.29, 1.82) is 0 Å². The highest BCUT2D eigenvalue weighted by molar-refractivity contribution is 5.72. The third-order valence-corrected chi connectivity index (χ3v) is 3.37. The minimum Gasteiger partial charge on any atom is -0.491 e. The van der Waals surface area contributed by atoms with Crippen molar-refractivity contribution in [3.8, 4) is 5.75 Å². The first-order valence-electron chi connectivity index (χ1n) is 6.95. The predicted octanol–water partition coefficient (Wildman–Crippen LogP) is 3.81. The molecule has 0 amide bonds. The van der Waals surface area contributed by atoms with Crippen LogP contribution in [0.25, 0.3) is 0 Å². The van der Waals surface area contributed by atoms with Gasteiger partial charge < -0.3 is 9.30 Å². The van der Waals surface area contributed by atoms with E-state index in [0.29, 0.717) is 24.8 Å². The third-order valence-electron chi connectivity index (χ3n) is 3.37. The zero-order chi connectivity index (χ0) is 14.5. The van der Waals surface area contributed by atoms with Crippen molar-refractivity contribution in [3.05, 3.63) is 53.3 Å². The number of benzene rings is 1. The zero-order valence-corrected chi connectivity index (χ0v) is 12.3. The maximum absolute atomic E-state index is 10.8. The van der Waals surface area contributed by atoms with Crippen LogP contribution in [0.2, 0.25) is 0 Å². The van der Waals surface area contributed by atoms with Crippen LogP contribution in [-0.2, 0) is 6.54 Å². The summed E-state index contributed by atoms with van der Waals surface area (Å²) in [4.78, 5) is 10.8. The number of aldehydes is 1. The Balaban J connectivity index is 2.04. The molecule has 3 nitrogen and oxygen atoms in total. The Bertz CT molecular complexity index is 584. The Morgan fingerprint density at radius 2 is 2.10 bits per heavy atom. The monoisotopic (exact) mass is 271 g/mol. The van der Waals surface area contributed by atoms with Gasteiger partial charge in [0.05, 0.1) is 12.2 Å². The molecule has 0 bridgehead atoms. The van der Waals surface area contributed by atoms with Crippen molar-refractivity contribution in [2.75, 3.05) is 6.61 Å². The number of carbonyl (C=O) groups is 1. The fourth-order valence-corrected chi connectivity index (χ4v) is 2.24. The molecule has 0 fully saturated rings. The summed E-state index contributed by atoms with van der Waals surface area (Å²) in [6, 6.07) is 9.99. The Morgan fingerprint density at radius 1 is 1.30 bits per heavy atom. The molecule has 20 heavy (non-hydrogen) atoms. The lowest BCUT2D eigenvalue weighted by Crippen LogP contribution is -2.10. The molecule has 0 aliphatic carbocycles. The summed E-state index contributed by atoms with van der Waals surface area (Å²) in [5.41, 5.74) is 3.10. The van der Waals surface area contributed by atoms with Crippen molar-refractivity contribution in [2.45, 2.75) is 33.2 Å². The van der Waals surface area contributed by atoms with Crippen LogP contribution in [-0.4, -0.2) is 17.5 Å². The molecule has 1 aromatic carbocycles. The number of aromatic nitrogens is 1. The number of nitrogens with zero attached hydrogens (tertiary/aromatic N) is 1. The quantitative estimate of drug-likeness (QED) is 0.748. The van der Waals surface area contributed by atoms with Gasteiger partial charge >= 0.3 is 0 Å². The first-order valence-corrected chi connectivity index (χ1v) is 6.95. The first kappa shape index (κ1) is 14.4. The lowest BCUT2D eigenvalue weighted by atomic mass is 10.0. The highest BCUT2D eigenvalue weighted by Crippen LogP contribution is 2.27. The summed E-state index contributed by atoms with van der Waals surface area (Å²) in [5, 5.41) is 0. The molecule has 2 rings (SSSR count). The second-order valence-electron chi connectivity index (χ2n) is 5.29. The number of hydrogen-bond donors (Lipinski definition) is 0. The van der Waals surface area contributed by atoms with Gasteiger partial charge in [0.25, 0.3) is 0 Å². The van der Waals surface area contributed by atoms with Crippen LogP contribution < -0.4 is 4.74 Å². The second kappa shape index (κ2) is 6.42. The molecule has 0 aliphatic rings. The fourth-order valence-electron chi connectivity index (χ4n) is 2.24. The van der Waals surface area contributed by atoms with Gasteiger partial charge in [0, 0.05) is 6.20 Å². The standard InChI is InChI=1S/C17H21NO2/c1-13(2)16-7-6-14(3)11-17(16)20-10-9-18-8-4-5-15(18)12-19/h4-8,11-13H,9-10H2,1-3H3.